The van der Waals surface area contributed by atoms with Crippen molar-refractivity contribution in [2.75, 3.05) is 13.1 Å². The first kappa shape index (κ1) is 15.7. The first-order valence-corrected chi connectivity index (χ1v) is 6.93. The van der Waals surface area contributed by atoms with Crippen LogP contribution in [0.3, 0.4) is 0 Å². The normalized spacial score (nSPS) is 10.6. The molecular weight excluding hydrogens is 286 g/mol. The second kappa shape index (κ2) is 6.38. The molecule has 1 N–H and O–H groups in total. The molecule has 2 aromatic heterocycles. The van der Waals surface area contributed by atoms with E-state index >= 15 is 0 Å². The SMILES string of the molecule is CCCN(CC(=O)O)C(=O)c1cnc2cc(C)ccn2c1=O. The summed E-state index contributed by atoms with van der Waals surface area (Å²) in [5.41, 5.74) is 0.767. The molecule has 7 nitrogen and oxygen atoms in total. The van der Waals surface area contributed by atoms with Gasteiger partial charge in [0.2, 0.25) is 0 Å². The molecule has 0 aliphatic carbocycles. The van der Waals surface area contributed by atoms with Gasteiger partial charge in [-0.2, -0.15) is 0 Å². The predicted molar refractivity (Wildman–Crippen MR) is 80.0 cm³/mol. The summed E-state index contributed by atoms with van der Waals surface area (Å²) in [4.78, 5) is 40.9. The van der Waals surface area contributed by atoms with Crippen LogP contribution in [0.2, 0.25) is 0 Å². The number of rotatable bonds is 5. The molecule has 7 heteroatoms. The van der Waals surface area contributed by atoms with Gasteiger partial charge in [-0.05, 0) is 31.0 Å². The van der Waals surface area contributed by atoms with Gasteiger partial charge in [0, 0.05) is 18.9 Å². The van der Waals surface area contributed by atoms with Crippen molar-refractivity contribution < 1.29 is 14.7 Å². The molecule has 22 heavy (non-hydrogen) atoms. The van der Waals surface area contributed by atoms with Crippen LogP contribution in [0.5, 0.6) is 0 Å². The molecule has 0 atom stereocenters. The van der Waals surface area contributed by atoms with E-state index in [4.69, 9.17) is 5.11 Å². The standard InChI is InChI=1S/C15H17N3O4/c1-3-5-17(9-13(19)20)14(21)11-8-16-12-7-10(2)4-6-18(12)15(11)22/h4,6-8H,3,5,9H2,1-2H3,(H,19,20). The zero-order valence-corrected chi connectivity index (χ0v) is 12.4. The lowest BCUT2D eigenvalue weighted by Gasteiger charge is -2.19. The molecule has 0 saturated carbocycles. The first-order valence-electron chi connectivity index (χ1n) is 6.93. The smallest absolute Gasteiger partial charge is 0.323 e. The van der Waals surface area contributed by atoms with E-state index in [0.717, 1.165) is 10.5 Å². The van der Waals surface area contributed by atoms with Crippen molar-refractivity contribution in [3.8, 4) is 0 Å². The summed E-state index contributed by atoms with van der Waals surface area (Å²) in [6.07, 6.45) is 3.36. The highest BCUT2D eigenvalue weighted by Gasteiger charge is 2.21. The van der Waals surface area contributed by atoms with Gasteiger partial charge in [-0.1, -0.05) is 6.92 Å². The van der Waals surface area contributed by atoms with Crippen molar-refractivity contribution in [3.63, 3.8) is 0 Å². The zero-order chi connectivity index (χ0) is 16.3. The highest BCUT2D eigenvalue weighted by atomic mass is 16.4. The number of hydrogen-bond donors (Lipinski definition) is 1. The van der Waals surface area contributed by atoms with Gasteiger partial charge >= 0.3 is 5.97 Å². The van der Waals surface area contributed by atoms with Crippen molar-refractivity contribution >= 4 is 17.5 Å². The summed E-state index contributed by atoms with van der Waals surface area (Å²) in [5.74, 6) is -1.73. The van der Waals surface area contributed by atoms with Gasteiger partial charge in [0.25, 0.3) is 11.5 Å². The van der Waals surface area contributed by atoms with E-state index in [1.54, 1.807) is 18.3 Å². The van der Waals surface area contributed by atoms with Crippen molar-refractivity contribution in [2.24, 2.45) is 0 Å². The summed E-state index contributed by atoms with van der Waals surface area (Å²) in [5, 5.41) is 8.89. The second-order valence-corrected chi connectivity index (χ2v) is 5.03. The highest BCUT2D eigenvalue weighted by molar-refractivity contribution is 5.95. The van der Waals surface area contributed by atoms with Crippen LogP contribution in [0.1, 0.15) is 29.3 Å². The van der Waals surface area contributed by atoms with Crippen LogP contribution in [-0.4, -0.2) is 44.4 Å². The Balaban J connectivity index is 2.46. The summed E-state index contributed by atoms with van der Waals surface area (Å²) in [6.45, 7) is 3.53. The second-order valence-electron chi connectivity index (χ2n) is 5.03. The van der Waals surface area contributed by atoms with Crippen LogP contribution in [-0.2, 0) is 4.79 Å². The number of aryl methyl sites for hydroxylation is 1. The number of hydrogen-bond acceptors (Lipinski definition) is 4. The van der Waals surface area contributed by atoms with E-state index in [2.05, 4.69) is 4.98 Å². The number of aliphatic carboxylic acids is 1. The molecule has 0 spiro atoms. The lowest BCUT2D eigenvalue weighted by Crippen LogP contribution is -2.39. The Morgan fingerprint density at radius 1 is 1.41 bits per heavy atom. The quantitative estimate of drug-likeness (QED) is 0.887. The molecule has 2 heterocycles. The van der Waals surface area contributed by atoms with Crippen LogP contribution in [0, 0.1) is 6.92 Å². The topological polar surface area (TPSA) is 92.0 Å². The fraction of sp³-hybridized carbons (Fsp3) is 0.333. The fourth-order valence-electron chi connectivity index (χ4n) is 2.18. The molecule has 116 valence electrons. The van der Waals surface area contributed by atoms with Crippen LogP contribution in [0.4, 0.5) is 0 Å². The molecule has 0 unspecified atom stereocenters. The van der Waals surface area contributed by atoms with Gasteiger partial charge in [-0.15, -0.1) is 0 Å². The minimum atomic E-state index is -1.12. The Morgan fingerprint density at radius 2 is 2.14 bits per heavy atom. The number of carbonyl (C=O) groups excluding carboxylic acids is 1. The maximum absolute atomic E-state index is 12.4. The van der Waals surface area contributed by atoms with E-state index in [0.29, 0.717) is 12.1 Å². The van der Waals surface area contributed by atoms with Crippen molar-refractivity contribution in [2.45, 2.75) is 20.3 Å². The molecule has 0 saturated heterocycles. The van der Waals surface area contributed by atoms with Gasteiger partial charge in [-0.25, -0.2) is 4.98 Å². The summed E-state index contributed by atoms with van der Waals surface area (Å²) < 4.78 is 1.28. The number of carbonyl (C=O) groups is 2. The maximum atomic E-state index is 12.4. The predicted octanol–water partition coefficient (Wildman–Crippen LogP) is 0.940. The van der Waals surface area contributed by atoms with Crippen LogP contribution in [0.15, 0.2) is 29.3 Å². The molecule has 0 bridgehead atoms. The number of aromatic nitrogens is 2. The summed E-state index contributed by atoms with van der Waals surface area (Å²) >= 11 is 0. The molecule has 2 aromatic rings. The van der Waals surface area contributed by atoms with Gasteiger partial charge < -0.3 is 10.0 Å². The van der Waals surface area contributed by atoms with Gasteiger partial charge in [0.15, 0.2) is 0 Å². The van der Waals surface area contributed by atoms with Gasteiger partial charge in [-0.3, -0.25) is 18.8 Å². The fourth-order valence-corrected chi connectivity index (χ4v) is 2.18. The molecule has 2 rings (SSSR count). The highest BCUT2D eigenvalue weighted by Crippen LogP contribution is 2.05. The van der Waals surface area contributed by atoms with Crippen molar-refractivity contribution in [1.29, 1.82) is 0 Å². The van der Waals surface area contributed by atoms with Crippen LogP contribution >= 0.6 is 0 Å². The maximum Gasteiger partial charge on any atom is 0.323 e. The monoisotopic (exact) mass is 303 g/mol. The Bertz CT molecular complexity index is 782. The van der Waals surface area contributed by atoms with Gasteiger partial charge in [0.1, 0.15) is 17.8 Å². The third kappa shape index (κ3) is 3.13. The van der Waals surface area contributed by atoms with Gasteiger partial charge in [0.05, 0.1) is 0 Å². The lowest BCUT2D eigenvalue weighted by molar-refractivity contribution is -0.137. The minimum absolute atomic E-state index is 0.129. The first-order chi connectivity index (χ1) is 10.4. The van der Waals surface area contributed by atoms with E-state index < -0.39 is 24.0 Å². The Morgan fingerprint density at radius 3 is 2.77 bits per heavy atom. The molecule has 1 amide bonds. The lowest BCUT2D eigenvalue weighted by atomic mass is 10.2. The Kier molecular flexibility index (Phi) is 4.55. The Labute approximate surface area is 126 Å². The molecule has 0 fully saturated rings. The number of carboxylic acids is 1. The van der Waals surface area contributed by atoms with E-state index in [-0.39, 0.29) is 12.1 Å². The number of amides is 1. The zero-order valence-electron chi connectivity index (χ0n) is 12.4. The number of carboxylic acid groups (broad SMARTS) is 1. The van der Waals surface area contributed by atoms with E-state index in [1.807, 2.05) is 13.8 Å². The summed E-state index contributed by atoms with van der Waals surface area (Å²) in [7, 11) is 0. The average molecular weight is 303 g/mol. The minimum Gasteiger partial charge on any atom is -0.480 e. The Hall–Kier alpha value is -2.70. The van der Waals surface area contributed by atoms with Crippen molar-refractivity contribution in [3.05, 3.63) is 46.0 Å². The van der Waals surface area contributed by atoms with E-state index in [1.165, 1.54) is 10.6 Å². The van der Waals surface area contributed by atoms with Crippen LogP contribution < -0.4 is 5.56 Å². The number of fused-ring (bicyclic) bond motifs is 1. The molecule has 0 radical (unpaired) electrons. The molecule has 0 aliphatic rings. The third-order valence-corrected chi connectivity index (χ3v) is 3.20. The largest absolute Gasteiger partial charge is 0.480 e. The number of pyridine rings is 1. The van der Waals surface area contributed by atoms with Crippen molar-refractivity contribution in [1.82, 2.24) is 14.3 Å². The number of nitrogens with zero attached hydrogens (tertiary/aromatic N) is 3. The molecule has 0 aliphatic heterocycles. The molecule has 0 aromatic carbocycles. The summed E-state index contributed by atoms with van der Waals surface area (Å²) in [6, 6.07) is 3.47. The average Bonchev–Trinajstić information content (AvgIpc) is 2.46. The van der Waals surface area contributed by atoms with Crippen LogP contribution in [0.25, 0.3) is 5.65 Å². The van der Waals surface area contributed by atoms with E-state index in [9.17, 15) is 14.4 Å². The third-order valence-electron chi connectivity index (χ3n) is 3.20. The molecular formula is C15H17N3O4.